The summed E-state index contributed by atoms with van der Waals surface area (Å²) in [5.41, 5.74) is -1.61. The second-order valence-electron chi connectivity index (χ2n) is 10.5. The fraction of sp³-hybridized carbons (Fsp3) is 0.870. The topological polar surface area (TPSA) is 80.7 Å². The highest BCUT2D eigenvalue weighted by Crippen LogP contribution is 2.68. The van der Waals surface area contributed by atoms with Gasteiger partial charge < -0.3 is 9.84 Å². The summed E-state index contributed by atoms with van der Waals surface area (Å²) in [6.07, 6.45) is 7.82. The molecule has 0 aromatic heterocycles. The van der Waals surface area contributed by atoms with Gasteiger partial charge in [-0.2, -0.15) is 0 Å². The highest BCUT2D eigenvalue weighted by Gasteiger charge is 2.66. The third-order valence-corrected chi connectivity index (χ3v) is 9.50. The lowest BCUT2D eigenvalue weighted by Gasteiger charge is -2.60. The molecule has 0 aromatic carbocycles. The van der Waals surface area contributed by atoms with E-state index in [2.05, 4.69) is 13.8 Å². The molecular weight excluding hydrogens is 356 g/mol. The standard InChI is InChI=1S/C23H34O5/c1-14(24)28-13-20(26)23(27)11-8-19-17-5-4-15-12-16(25)6-9-21(15,2)18(17)7-10-22(19,23)3/h15,17-19,27H,4-13H2,1-3H3/t15-,17+,18-,19+,21-,22-,23+/m0/s1. The Hall–Kier alpha value is -1.23. The van der Waals surface area contributed by atoms with Crippen LogP contribution in [0, 0.1) is 34.5 Å². The van der Waals surface area contributed by atoms with E-state index < -0.39 is 17.0 Å². The molecule has 4 aliphatic carbocycles. The smallest absolute Gasteiger partial charge is 0.303 e. The van der Waals surface area contributed by atoms with Gasteiger partial charge in [0.1, 0.15) is 11.4 Å². The highest BCUT2D eigenvalue weighted by atomic mass is 16.5. The molecule has 7 atom stereocenters. The molecule has 0 aromatic rings. The molecule has 0 aliphatic heterocycles. The fourth-order valence-corrected chi connectivity index (χ4v) is 7.81. The molecule has 4 aliphatic rings. The molecule has 156 valence electrons. The van der Waals surface area contributed by atoms with Crippen LogP contribution in [-0.4, -0.2) is 34.9 Å². The summed E-state index contributed by atoms with van der Waals surface area (Å²) in [6, 6.07) is 0. The molecule has 4 saturated carbocycles. The quantitative estimate of drug-likeness (QED) is 0.747. The number of Topliss-reactive ketones (excluding diaryl/α,β-unsaturated/α-hetero) is 2. The van der Waals surface area contributed by atoms with E-state index in [1.54, 1.807) is 0 Å². The normalized spacial score (nSPS) is 47.6. The third kappa shape index (κ3) is 2.72. The third-order valence-electron chi connectivity index (χ3n) is 9.50. The molecule has 5 nitrogen and oxygen atoms in total. The second kappa shape index (κ2) is 6.65. The summed E-state index contributed by atoms with van der Waals surface area (Å²) in [6.45, 7) is 5.45. The van der Waals surface area contributed by atoms with Crippen molar-refractivity contribution < 1.29 is 24.2 Å². The number of carbonyl (C=O) groups excluding carboxylic acids is 3. The van der Waals surface area contributed by atoms with Gasteiger partial charge in [-0.25, -0.2) is 0 Å². The molecule has 4 rings (SSSR count). The van der Waals surface area contributed by atoms with Gasteiger partial charge in [-0.15, -0.1) is 0 Å². The number of carbonyl (C=O) groups is 3. The summed E-state index contributed by atoms with van der Waals surface area (Å²) in [4.78, 5) is 36.0. The van der Waals surface area contributed by atoms with Crippen molar-refractivity contribution in [2.45, 2.75) is 84.2 Å². The van der Waals surface area contributed by atoms with Gasteiger partial charge in [-0.05, 0) is 74.0 Å². The van der Waals surface area contributed by atoms with E-state index in [1.165, 1.54) is 6.92 Å². The molecule has 5 heteroatoms. The molecular formula is C23H34O5. The first kappa shape index (κ1) is 20.1. The largest absolute Gasteiger partial charge is 0.458 e. The van der Waals surface area contributed by atoms with Crippen LogP contribution < -0.4 is 0 Å². The number of hydrogen-bond acceptors (Lipinski definition) is 5. The monoisotopic (exact) mass is 390 g/mol. The minimum Gasteiger partial charge on any atom is -0.458 e. The van der Waals surface area contributed by atoms with Crippen molar-refractivity contribution in [3.8, 4) is 0 Å². The number of esters is 1. The van der Waals surface area contributed by atoms with Gasteiger partial charge in [0, 0.05) is 25.2 Å². The fourth-order valence-electron chi connectivity index (χ4n) is 7.81. The molecule has 0 unspecified atom stereocenters. The van der Waals surface area contributed by atoms with Crippen LogP contribution in [0.2, 0.25) is 0 Å². The molecule has 1 N–H and O–H groups in total. The zero-order valence-electron chi connectivity index (χ0n) is 17.5. The van der Waals surface area contributed by atoms with Crippen LogP contribution in [0.4, 0.5) is 0 Å². The predicted octanol–water partition coefficient (Wildman–Crippen LogP) is 3.46. The maximum absolute atomic E-state index is 12.9. The lowest BCUT2D eigenvalue weighted by atomic mass is 9.44. The molecule has 4 fully saturated rings. The van der Waals surface area contributed by atoms with Crippen molar-refractivity contribution >= 4 is 17.5 Å². The summed E-state index contributed by atoms with van der Waals surface area (Å²) < 4.78 is 4.93. The van der Waals surface area contributed by atoms with E-state index in [9.17, 15) is 19.5 Å². The van der Waals surface area contributed by atoms with Crippen LogP contribution in [0.5, 0.6) is 0 Å². The Morgan fingerprint density at radius 1 is 1.07 bits per heavy atom. The van der Waals surface area contributed by atoms with Gasteiger partial charge >= 0.3 is 5.97 Å². The van der Waals surface area contributed by atoms with Crippen molar-refractivity contribution in [2.75, 3.05) is 6.61 Å². The van der Waals surface area contributed by atoms with Gasteiger partial charge in [0.05, 0.1) is 0 Å². The first-order valence-electron chi connectivity index (χ1n) is 11.0. The Morgan fingerprint density at radius 2 is 1.79 bits per heavy atom. The average molecular weight is 391 g/mol. The second-order valence-corrected chi connectivity index (χ2v) is 10.5. The SMILES string of the molecule is CC(=O)OCC(=O)[C@]1(O)CC[C@@H]2[C@@H]3CC[C@H]4CC(=O)CC[C@]4(C)[C@H]3CC[C@@]21C. The first-order valence-corrected chi connectivity index (χ1v) is 11.0. The van der Waals surface area contributed by atoms with Crippen LogP contribution in [0.25, 0.3) is 0 Å². The first-order chi connectivity index (χ1) is 13.1. The van der Waals surface area contributed by atoms with Gasteiger partial charge in [0.15, 0.2) is 6.61 Å². The summed E-state index contributed by atoms with van der Waals surface area (Å²) in [7, 11) is 0. The summed E-state index contributed by atoms with van der Waals surface area (Å²) in [5, 5.41) is 11.5. The molecule has 0 spiro atoms. The number of fused-ring (bicyclic) bond motifs is 5. The minimum atomic E-state index is -1.39. The maximum Gasteiger partial charge on any atom is 0.303 e. The number of hydrogen-bond donors (Lipinski definition) is 1. The van der Waals surface area contributed by atoms with Gasteiger partial charge in [-0.3, -0.25) is 14.4 Å². The average Bonchev–Trinajstić information content (AvgIpc) is 2.92. The molecule has 0 saturated heterocycles. The predicted molar refractivity (Wildman–Crippen MR) is 103 cm³/mol. The Kier molecular flexibility index (Phi) is 4.76. The van der Waals surface area contributed by atoms with Crippen LogP contribution in [0.15, 0.2) is 0 Å². The molecule has 0 amide bonds. The van der Waals surface area contributed by atoms with Crippen molar-refractivity contribution in [1.29, 1.82) is 0 Å². The van der Waals surface area contributed by atoms with Crippen molar-refractivity contribution in [3.63, 3.8) is 0 Å². The number of rotatable bonds is 3. The van der Waals surface area contributed by atoms with E-state index in [0.717, 1.165) is 44.9 Å². The van der Waals surface area contributed by atoms with Crippen LogP contribution >= 0.6 is 0 Å². The van der Waals surface area contributed by atoms with Gasteiger partial charge in [-0.1, -0.05) is 13.8 Å². The van der Waals surface area contributed by atoms with E-state index in [0.29, 0.717) is 42.3 Å². The summed E-state index contributed by atoms with van der Waals surface area (Å²) in [5.74, 6) is 1.53. The van der Waals surface area contributed by atoms with Gasteiger partial charge in [0.2, 0.25) is 5.78 Å². The number of aliphatic hydroxyl groups is 1. The molecule has 0 radical (unpaired) electrons. The van der Waals surface area contributed by atoms with Crippen molar-refractivity contribution in [2.24, 2.45) is 34.5 Å². The van der Waals surface area contributed by atoms with Crippen LogP contribution in [0.3, 0.4) is 0 Å². The Bertz CT molecular complexity index is 701. The maximum atomic E-state index is 12.9. The van der Waals surface area contributed by atoms with Crippen LogP contribution in [0.1, 0.15) is 78.6 Å². The Labute approximate surface area is 167 Å². The zero-order valence-corrected chi connectivity index (χ0v) is 17.5. The summed E-state index contributed by atoms with van der Waals surface area (Å²) >= 11 is 0. The highest BCUT2D eigenvalue weighted by molar-refractivity contribution is 5.91. The number of ketones is 2. The minimum absolute atomic E-state index is 0.223. The van der Waals surface area contributed by atoms with E-state index in [4.69, 9.17) is 4.74 Å². The van der Waals surface area contributed by atoms with E-state index in [1.807, 2.05) is 0 Å². The zero-order chi connectivity index (χ0) is 20.3. The van der Waals surface area contributed by atoms with Crippen molar-refractivity contribution in [3.05, 3.63) is 0 Å². The molecule has 0 bridgehead atoms. The molecule has 28 heavy (non-hydrogen) atoms. The lowest BCUT2D eigenvalue weighted by molar-refractivity contribution is -0.175. The van der Waals surface area contributed by atoms with E-state index in [-0.39, 0.29) is 17.8 Å². The van der Waals surface area contributed by atoms with Crippen molar-refractivity contribution in [1.82, 2.24) is 0 Å². The van der Waals surface area contributed by atoms with Crippen LogP contribution in [-0.2, 0) is 19.1 Å². The Balaban J connectivity index is 1.57. The number of ether oxygens (including phenoxy) is 1. The molecule has 0 heterocycles. The Morgan fingerprint density at radius 3 is 2.50 bits per heavy atom. The lowest BCUT2D eigenvalue weighted by Crippen LogP contribution is -2.59. The van der Waals surface area contributed by atoms with E-state index >= 15 is 0 Å². The van der Waals surface area contributed by atoms with Gasteiger partial charge in [0.25, 0.3) is 0 Å².